The third-order valence-electron chi connectivity index (χ3n) is 12.5. The number of imidazole rings is 1. The Hall–Kier alpha value is -4.65. The fraction of sp³-hybridized carbons (Fsp3) is 0.590. The number of fused-ring (bicyclic) bond motifs is 5. The Kier molecular flexibility index (Phi) is 10.7. The molecule has 0 unspecified atom stereocenters. The van der Waals surface area contributed by atoms with Crippen LogP contribution in [0.15, 0.2) is 42.7 Å². The Morgan fingerprint density at radius 3 is 2.53 bits per heavy atom. The van der Waals surface area contributed by atoms with Gasteiger partial charge in [0.15, 0.2) is 0 Å². The highest BCUT2D eigenvalue weighted by Crippen LogP contribution is 2.48. The number of sulfonamides is 1. The molecule has 2 aliphatic heterocycles. The van der Waals surface area contributed by atoms with E-state index in [0.717, 1.165) is 4.90 Å². The summed E-state index contributed by atoms with van der Waals surface area (Å²) >= 11 is 6.36. The van der Waals surface area contributed by atoms with E-state index in [1.165, 1.54) is 20.0 Å². The lowest BCUT2D eigenvalue weighted by molar-refractivity contribution is -0.222. The molecule has 4 aliphatic rings. The van der Waals surface area contributed by atoms with E-state index in [-0.39, 0.29) is 41.7 Å². The maximum absolute atomic E-state index is 15.1. The number of nitrogens with one attached hydrogen (secondary N) is 2. The van der Waals surface area contributed by atoms with E-state index in [2.05, 4.69) is 20.0 Å². The molecule has 15 nitrogen and oxygen atoms in total. The number of hydrogen-bond donors (Lipinski definition) is 3. The zero-order chi connectivity index (χ0) is 43.0. The summed E-state index contributed by atoms with van der Waals surface area (Å²) in [5.41, 5.74) is -4.17. The molecule has 2 aromatic heterocycles. The summed E-state index contributed by atoms with van der Waals surface area (Å²) in [6.07, 6.45) is 0.177. The van der Waals surface area contributed by atoms with Gasteiger partial charge < -0.3 is 20.1 Å². The van der Waals surface area contributed by atoms with E-state index in [0.29, 0.717) is 55.5 Å². The molecule has 20 heteroatoms. The summed E-state index contributed by atoms with van der Waals surface area (Å²) in [4.78, 5) is 66.5. The van der Waals surface area contributed by atoms with Crippen LogP contribution < -0.4 is 14.8 Å². The van der Waals surface area contributed by atoms with E-state index < -0.39 is 92.4 Å². The first kappa shape index (κ1) is 42.5. The number of alkyl halides is 3. The Bertz CT molecular complexity index is 2350. The number of halogens is 4. The number of aromatic nitrogens is 3. The molecule has 7 atom stereocenters. The van der Waals surface area contributed by atoms with E-state index in [1.54, 1.807) is 40.9 Å². The molecule has 3 N–H and O–H groups in total. The molecular weight excluding hydrogens is 819 g/mol. The molecule has 3 aromatic rings. The number of ether oxygens (including phenoxy) is 1. The highest BCUT2D eigenvalue weighted by molar-refractivity contribution is 7.91. The smallest absolute Gasteiger partial charge is 0.411 e. The minimum absolute atomic E-state index is 0.0351. The number of hydrogen-bond acceptors (Lipinski definition) is 9. The molecule has 2 saturated carbocycles. The van der Waals surface area contributed by atoms with E-state index >= 15 is 4.79 Å². The summed E-state index contributed by atoms with van der Waals surface area (Å²) in [6, 6.07) is 1.56. The van der Waals surface area contributed by atoms with Gasteiger partial charge in [-0.3, -0.25) is 28.4 Å². The van der Waals surface area contributed by atoms with Crippen molar-refractivity contribution in [2.45, 2.75) is 120 Å². The second-order valence-electron chi connectivity index (χ2n) is 17.3. The Balaban J connectivity index is 1.31. The van der Waals surface area contributed by atoms with Crippen LogP contribution in [0.1, 0.15) is 79.6 Å². The largest absolute Gasteiger partial charge is 0.472 e. The Morgan fingerprint density at radius 2 is 1.86 bits per heavy atom. The second kappa shape index (κ2) is 14.8. The third kappa shape index (κ3) is 7.68. The molecule has 7 rings (SSSR count). The molecule has 59 heavy (non-hydrogen) atoms. The van der Waals surface area contributed by atoms with Gasteiger partial charge in [0.25, 0.3) is 5.91 Å². The van der Waals surface area contributed by atoms with Crippen LogP contribution in [0.25, 0.3) is 16.7 Å². The van der Waals surface area contributed by atoms with E-state index in [1.807, 2.05) is 6.92 Å². The maximum atomic E-state index is 15.1. The normalized spacial score (nSPS) is 29.4. The summed E-state index contributed by atoms with van der Waals surface area (Å²) in [5, 5.41) is 14.0. The molecule has 320 valence electrons. The van der Waals surface area contributed by atoms with Gasteiger partial charge in [0.2, 0.25) is 33.5 Å². The summed E-state index contributed by atoms with van der Waals surface area (Å²) in [7, 11) is -4.13. The van der Waals surface area contributed by atoms with Crippen molar-refractivity contribution in [1.29, 1.82) is 0 Å². The lowest BCUT2D eigenvalue weighted by Crippen LogP contribution is -2.66. The van der Waals surface area contributed by atoms with Crippen molar-refractivity contribution >= 4 is 62.1 Å². The van der Waals surface area contributed by atoms with Gasteiger partial charge >= 0.3 is 12.3 Å². The summed E-state index contributed by atoms with van der Waals surface area (Å²) in [6.45, 7) is 5.85. The number of nitrogens with zero attached hydrogens (tertiary/aromatic N) is 5. The Labute approximate surface area is 343 Å². The average molecular weight is 866 g/mol. The third-order valence-corrected chi connectivity index (χ3v) is 14.9. The van der Waals surface area contributed by atoms with Gasteiger partial charge in [-0.25, -0.2) is 18.2 Å². The molecule has 1 aromatic carbocycles. The number of allylic oxidation sites excluding steroid dienone is 1. The minimum Gasteiger partial charge on any atom is -0.472 e. The molecule has 4 heterocycles. The van der Waals surface area contributed by atoms with Crippen LogP contribution in [0.5, 0.6) is 5.88 Å². The zero-order valence-corrected chi connectivity index (χ0v) is 34.7. The second-order valence-corrected chi connectivity index (χ2v) is 19.9. The fourth-order valence-corrected chi connectivity index (χ4v) is 9.92. The van der Waals surface area contributed by atoms with Crippen LogP contribution in [0.2, 0.25) is 5.02 Å². The molecule has 0 spiro atoms. The molecule has 3 fully saturated rings. The van der Waals surface area contributed by atoms with Crippen LogP contribution in [-0.4, -0.2) is 108 Å². The average Bonchev–Trinajstić information content (AvgIpc) is 3.92. The number of carbonyl (C=O) groups excluding carboxylic acids is 3. The van der Waals surface area contributed by atoms with Crippen LogP contribution in [-0.2, 0) is 24.4 Å². The lowest BCUT2D eigenvalue weighted by atomic mass is 9.85. The molecular formula is C39H47ClF3N7O8S. The van der Waals surface area contributed by atoms with Crippen LogP contribution >= 0.6 is 11.6 Å². The number of carbonyl (C=O) groups is 4. The predicted molar refractivity (Wildman–Crippen MR) is 209 cm³/mol. The molecule has 0 radical (unpaired) electrons. The molecule has 1 saturated heterocycles. The quantitative estimate of drug-likeness (QED) is 0.257. The predicted octanol–water partition coefficient (Wildman–Crippen LogP) is 5.46. The summed E-state index contributed by atoms with van der Waals surface area (Å²) < 4.78 is 79.8. The van der Waals surface area contributed by atoms with Crippen molar-refractivity contribution in [3.05, 3.63) is 47.8 Å². The molecule has 4 amide bonds. The highest BCUT2D eigenvalue weighted by atomic mass is 35.5. The molecule has 0 bridgehead atoms. The lowest BCUT2D eigenvalue weighted by Gasteiger charge is -2.45. The van der Waals surface area contributed by atoms with Gasteiger partial charge in [0, 0.05) is 29.8 Å². The number of carboxylic acid groups (broad SMARTS) is 1. The van der Waals surface area contributed by atoms with Gasteiger partial charge in [0.05, 0.1) is 22.2 Å². The topological polar surface area (TPSA) is 193 Å². The van der Waals surface area contributed by atoms with Crippen molar-refractivity contribution in [3.63, 3.8) is 0 Å². The van der Waals surface area contributed by atoms with Gasteiger partial charge in [0.1, 0.15) is 29.3 Å². The van der Waals surface area contributed by atoms with Gasteiger partial charge in [-0.1, -0.05) is 37.6 Å². The van der Waals surface area contributed by atoms with Crippen molar-refractivity contribution < 1.29 is 50.6 Å². The zero-order valence-electron chi connectivity index (χ0n) is 33.1. The van der Waals surface area contributed by atoms with E-state index in [9.17, 15) is 41.1 Å². The number of amides is 4. The van der Waals surface area contributed by atoms with Crippen molar-refractivity contribution in [1.82, 2.24) is 34.2 Å². The SMILES string of the molecule is C[C@@H]1CC/C=C\[C@@H]2C[C@@]2(C(=O)NS(=O)(=O)C2(C)CC2)NC(=O)[C@@H]2C[C@@H](Oc3nc4nccn4c4ccc(Cl)cc34)CN2C(=O)[C@@H](N(C(=O)O)C(C)(C)C(F)(F)F)[C@H](C)C1. The fourth-order valence-electron chi connectivity index (χ4n) is 8.44. The van der Waals surface area contributed by atoms with Gasteiger partial charge in [-0.2, -0.15) is 18.2 Å². The van der Waals surface area contributed by atoms with Crippen LogP contribution in [0.4, 0.5) is 18.0 Å². The first-order valence-electron chi connectivity index (χ1n) is 19.5. The first-order chi connectivity index (χ1) is 27.5. The van der Waals surface area contributed by atoms with Crippen LogP contribution in [0.3, 0.4) is 0 Å². The van der Waals surface area contributed by atoms with Crippen molar-refractivity contribution in [3.8, 4) is 5.88 Å². The number of benzene rings is 1. The first-order valence-corrected chi connectivity index (χ1v) is 21.4. The van der Waals surface area contributed by atoms with Gasteiger partial charge in [-0.15, -0.1) is 0 Å². The Morgan fingerprint density at radius 1 is 1.15 bits per heavy atom. The highest BCUT2D eigenvalue weighted by Gasteiger charge is 2.64. The van der Waals surface area contributed by atoms with Crippen LogP contribution in [0, 0.1) is 17.8 Å². The number of rotatable bonds is 7. The van der Waals surface area contributed by atoms with Crippen molar-refractivity contribution in [2.75, 3.05) is 6.54 Å². The minimum atomic E-state index is -5.11. The van der Waals surface area contributed by atoms with Gasteiger partial charge in [-0.05, 0) is 89.3 Å². The molecule has 2 aliphatic carbocycles. The monoisotopic (exact) mass is 865 g/mol. The van der Waals surface area contributed by atoms with E-state index in [4.69, 9.17) is 16.3 Å². The standard InChI is InChI=1S/C39H47ClF3N7O8S/c1-21-8-6-7-9-23-19-38(23,33(53)47-59(56,57)37(5)12-13-37)46-30(51)28-18-25(58-31-26-17-24(40)10-11-27(26)48-15-14-44-34(48)45-31)20-49(28)32(52)29(22(2)16-21)50(35(54)55)36(3,4)39(41,42)43/h7,9-11,14-15,17,21-23,25,28-29H,6,8,12-13,16,18-20H2,1-5H3,(H,46,51)(H,47,53)(H,54,55)/b9-7-/t21-,22-,23-,25-,28+,29+,38-/m1/s1. The maximum Gasteiger partial charge on any atom is 0.411 e. The van der Waals surface area contributed by atoms with Crippen molar-refractivity contribution in [2.24, 2.45) is 17.8 Å². The summed E-state index contributed by atoms with van der Waals surface area (Å²) in [5.74, 6) is -4.42.